The highest BCUT2D eigenvalue weighted by Gasteiger charge is 2.20. The van der Waals surface area contributed by atoms with Gasteiger partial charge in [-0.3, -0.25) is 4.79 Å². The van der Waals surface area contributed by atoms with Gasteiger partial charge < -0.3 is 20.5 Å². The van der Waals surface area contributed by atoms with Crippen LogP contribution in [0.25, 0.3) is 0 Å². The Morgan fingerprint density at radius 3 is 2.95 bits per heavy atom. The van der Waals surface area contributed by atoms with Crippen molar-refractivity contribution in [3.8, 4) is 5.75 Å². The Bertz CT molecular complexity index is 444. The number of amides is 1. The third-order valence-corrected chi connectivity index (χ3v) is 3.09. The monoisotopic (exact) mass is 264 g/mol. The first-order valence-electron chi connectivity index (χ1n) is 6.50. The number of benzene rings is 1. The summed E-state index contributed by atoms with van der Waals surface area (Å²) < 4.78 is 10.5. The zero-order valence-corrected chi connectivity index (χ0v) is 11.1. The summed E-state index contributed by atoms with van der Waals surface area (Å²) in [5.41, 5.74) is 6.65. The van der Waals surface area contributed by atoms with Gasteiger partial charge in [0.1, 0.15) is 5.75 Å². The minimum absolute atomic E-state index is 0.202. The molecule has 3 N–H and O–H groups in total. The molecular weight excluding hydrogens is 244 g/mol. The molecule has 1 amide bonds. The smallest absolute Gasteiger partial charge is 0.253 e. The van der Waals surface area contributed by atoms with Gasteiger partial charge in [-0.05, 0) is 37.0 Å². The molecule has 0 atom stereocenters. The van der Waals surface area contributed by atoms with Crippen LogP contribution in [0, 0.1) is 5.92 Å². The number of anilines is 1. The first kappa shape index (κ1) is 13.7. The lowest BCUT2D eigenvalue weighted by Gasteiger charge is -2.09. The van der Waals surface area contributed by atoms with Crippen molar-refractivity contribution in [2.24, 2.45) is 5.92 Å². The van der Waals surface area contributed by atoms with Gasteiger partial charge in [-0.25, -0.2) is 0 Å². The van der Waals surface area contributed by atoms with Crippen LogP contribution in [0.1, 0.15) is 23.2 Å². The van der Waals surface area contributed by atoms with E-state index in [9.17, 15) is 4.79 Å². The maximum Gasteiger partial charge on any atom is 0.253 e. The van der Waals surface area contributed by atoms with Crippen LogP contribution in [-0.2, 0) is 4.74 Å². The molecule has 0 aromatic heterocycles. The second-order valence-corrected chi connectivity index (χ2v) is 4.73. The molecule has 0 aliphatic heterocycles. The fourth-order valence-corrected chi connectivity index (χ4v) is 1.73. The number of ether oxygens (including phenoxy) is 2. The van der Waals surface area contributed by atoms with Gasteiger partial charge in [0.15, 0.2) is 0 Å². The molecule has 19 heavy (non-hydrogen) atoms. The molecule has 0 spiro atoms. The summed E-state index contributed by atoms with van der Waals surface area (Å²) in [5, 5.41) is 2.79. The summed E-state index contributed by atoms with van der Waals surface area (Å²) in [7, 11) is 1.55. The van der Waals surface area contributed by atoms with Crippen molar-refractivity contribution in [2.45, 2.75) is 12.8 Å². The van der Waals surface area contributed by atoms with Gasteiger partial charge in [0.05, 0.1) is 19.3 Å². The second kappa shape index (κ2) is 6.43. The number of nitrogens with two attached hydrogens (primary N) is 1. The Morgan fingerprint density at radius 2 is 2.26 bits per heavy atom. The summed E-state index contributed by atoms with van der Waals surface area (Å²) >= 11 is 0. The molecule has 1 fully saturated rings. The predicted octanol–water partition coefficient (Wildman–Crippen LogP) is 1.43. The van der Waals surface area contributed by atoms with E-state index >= 15 is 0 Å². The van der Waals surface area contributed by atoms with Gasteiger partial charge in [0.25, 0.3) is 5.91 Å². The number of rotatable bonds is 7. The zero-order chi connectivity index (χ0) is 13.7. The standard InChI is InChI=1S/C14H20N2O3/c1-18-11-4-5-13(15)12(8-11)14(17)16-6-7-19-9-10-2-3-10/h4-5,8,10H,2-3,6-7,9,15H2,1H3,(H,16,17). The molecule has 0 saturated heterocycles. The topological polar surface area (TPSA) is 73.6 Å². The van der Waals surface area contributed by atoms with Gasteiger partial charge in [0.2, 0.25) is 0 Å². The predicted molar refractivity (Wildman–Crippen MR) is 73.3 cm³/mol. The van der Waals surface area contributed by atoms with E-state index in [2.05, 4.69) is 5.32 Å². The maximum absolute atomic E-state index is 11.9. The molecular formula is C14H20N2O3. The van der Waals surface area contributed by atoms with Crippen LogP contribution in [-0.4, -0.2) is 32.8 Å². The number of hydrogen-bond acceptors (Lipinski definition) is 4. The number of nitrogen functional groups attached to an aromatic ring is 1. The molecule has 2 rings (SSSR count). The van der Waals surface area contributed by atoms with E-state index in [1.807, 2.05) is 0 Å². The highest BCUT2D eigenvalue weighted by molar-refractivity contribution is 5.99. The molecule has 0 radical (unpaired) electrons. The highest BCUT2D eigenvalue weighted by atomic mass is 16.5. The van der Waals surface area contributed by atoms with Crippen LogP contribution in [0.5, 0.6) is 5.75 Å². The van der Waals surface area contributed by atoms with Crippen molar-refractivity contribution < 1.29 is 14.3 Å². The van der Waals surface area contributed by atoms with E-state index in [1.165, 1.54) is 12.8 Å². The molecule has 1 saturated carbocycles. The number of methoxy groups -OCH3 is 1. The van der Waals surface area contributed by atoms with Crippen molar-refractivity contribution in [3.63, 3.8) is 0 Å². The van der Waals surface area contributed by atoms with Gasteiger partial charge >= 0.3 is 0 Å². The normalized spacial score (nSPS) is 14.2. The molecule has 5 heteroatoms. The van der Waals surface area contributed by atoms with Crippen molar-refractivity contribution in [2.75, 3.05) is 32.6 Å². The van der Waals surface area contributed by atoms with Gasteiger partial charge in [-0.15, -0.1) is 0 Å². The van der Waals surface area contributed by atoms with E-state index in [-0.39, 0.29) is 5.91 Å². The van der Waals surface area contributed by atoms with Crippen LogP contribution >= 0.6 is 0 Å². The van der Waals surface area contributed by atoms with Gasteiger partial charge in [-0.2, -0.15) is 0 Å². The van der Waals surface area contributed by atoms with Crippen molar-refractivity contribution in [1.82, 2.24) is 5.32 Å². The molecule has 1 aliphatic rings. The lowest BCUT2D eigenvalue weighted by molar-refractivity contribution is 0.0907. The summed E-state index contributed by atoms with van der Waals surface area (Å²) in [5.74, 6) is 1.15. The summed E-state index contributed by atoms with van der Waals surface area (Å²) in [4.78, 5) is 11.9. The van der Waals surface area contributed by atoms with Crippen LogP contribution in [0.2, 0.25) is 0 Å². The third-order valence-electron chi connectivity index (χ3n) is 3.09. The Hall–Kier alpha value is -1.75. The molecule has 0 bridgehead atoms. The summed E-state index contributed by atoms with van der Waals surface area (Å²) in [6.07, 6.45) is 2.54. The second-order valence-electron chi connectivity index (χ2n) is 4.73. The van der Waals surface area contributed by atoms with E-state index in [0.717, 1.165) is 12.5 Å². The molecule has 1 aromatic rings. The number of carbonyl (C=O) groups is 1. The van der Waals surface area contributed by atoms with Crippen molar-refractivity contribution in [1.29, 1.82) is 0 Å². The fourth-order valence-electron chi connectivity index (χ4n) is 1.73. The van der Waals surface area contributed by atoms with Crippen LogP contribution in [0.3, 0.4) is 0 Å². The molecule has 0 unspecified atom stereocenters. The Balaban J connectivity index is 1.77. The Morgan fingerprint density at radius 1 is 1.47 bits per heavy atom. The first-order valence-corrected chi connectivity index (χ1v) is 6.50. The number of nitrogens with one attached hydrogen (secondary N) is 1. The van der Waals surface area contributed by atoms with Crippen LogP contribution in [0.15, 0.2) is 18.2 Å². The quantitative estimate of drug-likeness (QED) is 0.577. The van der Waals surface area contributed by atoms with Crippen molar-refractivity contribution >= 4 is 11.6 Å². The molecule has 1 aromatic carbocycles. The molecule has 0 heterocycles. The highest BCUT2D eigenvalue weighted by Crippen LogP contribution is 2.28. The van der Waals surface area contributed by atoms with Crippen LogP contribution < -0.4 is 15.8 Å². The van der Waals surface area contributed by atoms with Crippen LogP contribution in [0.4, 0.5) is 5.69 Å². The summed E-state index contributed by atoms with van der Waals surface area (Å²) in [6.45, 7) is 1.82. The summed E-state index contributed by atoms with van der Waals surface area (Å²) in [6, 6.07) is 5.03. The minimum Gasteiger partial charge on any atom is -0.497 e. The zero-order valence-electron chi connectivity index (χ0n) is 11.1. The number of hydrogen-bond donors (Lipinski definition) is 2. The van der Waals surface area contributed by atoms with Crippen molar-refractivity contribution in [3.05, 3.63) is 23.8 Å². The van der Waals surface area contributed by atoms with E-state index in [4.69, 9.17) is 15.2 Å². The first-order chi connectivity index (χ1) is 9.20. The molecule has 5 nitrogen and oxygen atoms in total. The molecule has 1 aliphatic carbocycles. The lowest BCUT2D eigenvalue weighted by Crippen LogP contribution is -2.28. The lowest BCUT2D eigenvalue weighted by atomic mass is 10.1. The van der Waals surface area contributed by atoms with E-state index in [0.29, 0.717) is 30.2 Å². The Labute approximate surface area is 113 Å². The Kier molecular flexibility index (Phi) is 4.63. The van der Waals surface area contributed by atoms with E-state index in [1.54, 1.807) is 25.3 Å². The minimum atomic E-state index is -0.202. The average molecular weight is 264 g/mol. The fraction of sp³-hybridized carbons (Fsp3) is 0.500. The SMILES string of the molecule is COc1ccc(N)c(C(=O)NCCOCC2CC2)c1. The molecule has 104 valence electrons. The van der Waals surface area contributed by atoms with Gasteiger partial charge in [-0.1, -0.05) is 0 Å². The van der Waals surface area contributed by atoms with Gasteiger partial charge in [0, 0.05) is 18.8 Å². The largest absolute Gasteiger partial charge is 0.497 e. The average Bonchev–Trinajstić information content (AvgIpc) is 3.23. The third kappa shape index (κ3) is 4.13. The van der Waals surface area contributed by atoms with E-state index < -0.39 is 0 Å². The number of carbonyl (C=O) groups excluding carboxylic acids is 1. The maximum atomic E-state index is 11.9.